The van der Waals surface area contributed by atoms with Crippen molar-refractivity contribution in [1.29, 1.82) is 5.26 Å². The van der Waals surface area contributed by atoms with Crippen molar-refractivity contribution in [2.45, 2.75) is 52.6 Å². The first-order valence-corrected chi connectivity index (χ1v) is 9.90. The van der Waals surface area contributed by atoms with Crippen LogP contribution in [0.3, 0.4) is 0 Å². The van der Waals surface area contributed by atoms with Crippen LogP contribution in [0.1, 0.15) is 54.0 Å². The minimum atomic E-state index is 0.223. The second kappa shape index (κ2) is 6.65. The van der Waals surface area contributed by atoms with Crippen molar-refractivity contribution in [2.24, 2.45) is 11.8 Å². The Morgan fingerprint density at radius 3 is 2.26 bits per heavy atom. The molecule has 4 nitrogen and oxygen atoms in total. The molecule has 0 saturated carbocycles. The fourth-order valence-corrected chi connectivity index (χ4v) is 5.36. The number of hydrogen-bond acceptors (Lipinski definition) is 3. The van der Waals surface area contributed by atoms with Gasteiger partial charge in [0.05, 0.1) is 18.2 Å². The normalized spacial score (nSPS) is 27.1. The number of benzene rings is 1. The number of nitrogens with zero attached hydrogens (tertiary/aromatic N) is 3. The Morgan fingerprint density at radius 1 is 1.11 bits per heavy atom. The van der Waals surface area contributed by atoms with Crippen LogP contribution in [0, 0.1) is 37.0 Å². The van der Waals surface area contributed by atoms with E-state index >= 15 is 0 Å². The van der Waals surface area contributed by atoms with Crippen LogP contribution in [-0.4, -0.2) is 33.9 Å². The first kappa shape index (κ1) is 18.0. The smallest absolute Gasteiger partial charge is 0.178 e. The Bertz CT molecular complexity index is 902. The van der Waals surface area contributed by atoms with Crippen LogP contribution in [0.5, 0.6) is 0 Å². The third-order valence-electron chi connectivity index (χ3n) is 6.97. The topological polar surface area (TPSA) is 49.0 Å². The molecule has 2 bridgehead atoms. The number of Topliss-reactive ketones (excluding diaryl/α,β-unsaturated/α-hetero) is 1. The predicted octanol–water partition coefficient (Wildman–Crippen LogP) is 4.27. The van der Waals surface area contributed by atoms with Gasteiger partial charge in [0.1, 0.15) is 0 Å². The molecule has 0 aliphatic carbocycles. The second-order valence-corrected chi connectivity index (χ2v) is 8.30. The average molecular weight is 361 g/mol. The maximum Gasteiger partial charge on any atom is 0.178 e. The van der Waals surface area contributed by atoms with Gasteiger partial charge in [-0.3, -0.25) is 9.69 Å². The molecule has 4 heteroatoms. The van der Waals surface area contributed by atoms with Gasteiger partial charge in [0.2, 0.25) is 0 Å². The number of rotatable bonds is 4. The van der Waals surface area contributed by atoms with E-state index in [2.05, 4.69) is 29.4 Å². The monoisotopic (exact) mass is 361 g/mol. The molecule has 4 rings (SSSR count). The van der Waals surface area contributed by atoms with Gasteiger partial charge in [0.25, 0.3) is 0 Å². The molecule has 1 aromatic heterocycles. The summed E-state index contributed by atoms with van der Waals surface area (Å²) in [6, 6.07) is 12.8. The summed E-state index contributed by atoms with van der Waals surface area (Å²) in [5.74, 6) is 1.59. The van der Waals surface area contributed by atoms with Crippen LogP contribution in [0.25, 0.3) is 5.69 Å². The molecule has 0 unspecified atom stereocenters. The molecular weight excluding hydrogens is 334 g/mol. The van der Waals surface area contributed by atoms with E-state index in [-0.39, 0.29) is 5.78 Å². The van der Waals surface area contributed by atoms with Gasteiger partial charge in [0.15, 0.2) is 5.78 Å². The zero-order valence-electron chi connectivity index (χ0n) is 16.6. The van der Waals surface area contributed by atoms with E-state index in [4.69, 9.17) is 5.26 Å². The summed E-state index contributed by atoms with van der Waals surface area (Å²) in [6.45, 7) is 9.25. The molecule has 2 saturated heterocycles. The van der Waals surface area contributed by atoms with Gasteiger partial charge in [-0.05, 0) is 68.9 Å². The van der Waals surface area contributed by atoms with Crippen molar-refractivity contribution < 1.29 is 4.79 Å². The van der Waals surface area contributed by atoms with Gasteiger partial charge in [-0.2, -0.15) is 5.26 Å². The van der Waals surface area contributed by atoms with E-state index in [0.29, 0.717) is 36.0 Å². The molecule has 0 radical (unpaired) electrons. The molecule has 3 heterocycles. The van der Waals surface area contributed by atoms with E-state index < -0.39 is 0 Å². The van der Waals surface area contributed by atoms with Crippen molar-refractivity contribution in [2.75, 3.05) is 6.54 Å². The lowest BCUT2D eigenvalue weighted by Gasteiger charge is -2.21. The van der Waals surface area contributed by atoms with Crippen LogP contribution in [-0.2, 0) is 0 Å². The summed E-state index contributed by atoms with van der Waals surface area (Å²) in [7, 11) is 0. The molecule has 4 atom stereocenters. The van der Waals surface area contributed by atoms with Crippen molar-refractivity contribution in [3.05, 3.63) is 52.8 Å². The largest absolute Gasteiger partial charge is 0.318 e. The average Bonchev–Trinajstić information content (AvgIpc) is 3.27. The standard InChI is InChI=1S/C23H27N3O/c1-14-11-20(17(4)26(14)19-7-5-18(12-24)6-8-19)23(27)13-25-21-9-10-22(25)16(3)15(21)2/h5-8,11,15-16,21-22H,9-10,13H2,1-4H3/t15-,16-,21-,22+/m1/s1. The highest BCUT2D eigenvalue weighted by Crippen LogP contribution is 2.45. The Hall–Kier alpha value is -2.38. The van der Waals surface area contributed by atoms with Crippen molar-refractivity contribution >= 4 is 5.78 Å². The molecule has 27 heavy (non-hydrogen) atoms. The van der Waals surface area contributed by atoms with Crippen LogP contribution < -0.4 is 0 Å². The van der Waals surface area contributed by atoms with Gasteiger partial charge < -0.3 is 4.57 Å². The van der Waals surface area contributed by atoms with Gasteiger partial charge in [0, 0.05) is 34.7 Å². The van der Waals surface area contributed by atoms with Crippen LogP contribution in [0.4, 0.5) is 0 Å². The number of aromatic nitrogens is 1. The number of aryl methyl sites for hydroxylation is 1. The molecule has 2 aromatic rings. The molecule has 0 spiro atoms. The molecule has 0 amide bonds. The first-order chi connectivity index (χ1) is 12.9. The summed E-state index contributed by atoms with van der Waals surface area (Å²) >= 11 is 0. The first-order valence-electron chi connectivity index (χ1n) is 9.90. The number of ketones is 1. The lowest BCUT2D eigenvalue weighted by molar-refractivity contribution is 0.0911. The Balaban J connectivity index is 1.60. The van der Waals surface area contributed by atoms with E-state index in [9.17, 15) is 4.79 Å². The summed E-state index contributed by atoms with van der Waals surface area (Å²) in [5.41, 5.74) is 4.49. The van der Waals surface area contributed by atoms with Crippen LogP contribution >= 0.6 is 0 Å². The van der Waals surface area contributed by atoms with Gasteiger partial charge in [-0.1, -0.05) is 13.8 Å². The molecule has 0 N–H and O–H groups in total. The lowest BCUT2D eigenvalue weighted by atomic mass is 9.82. The number of carbonyl (C=O) groups excluding carboxylic acids is 1. The molecule has 140 valence electrons. The van der Waals surface area contributed by atoms with Gasteiger partial charge in [-0.25, -0.2) is 0 Å². The van der Waals surface area contributed by atoms with Crippen molar-refractivity contribution in [3.63, 3.8) is 0 Å². The molecular formula is C23H27N3O. The summed E-state index contributed by atoms with van der Waals surface area (Å²) in [5, 5.41) is 9.00. The van der Waals surface area contributed by atoms with Crippen LogP contribution in [0.15, 0.2) is 30.3 Å². The SMILES string of the molecule is Cc1cc(C(=O)CN2[C@@H]3CC[C@H]2[C@H](C)[C@H]3C)c(C)n1-c1ccc(C#N)cc1. The summed E-state index contributed by atoms with van der Waals surface area (Å²) in [4.78, 5) is 15.6. The number of carbonyl (C=O) groups is 1. The second-order valence-electron chi connectivity index (χ2n) is 8.30. The fraction of sp³-hybridized carbons (Fsp3) is 0.478. The van der Waals surface area contributed by atoms with Gasteiger partial charge in [-0.15, -0.1) is 0 Å². The molecule has 2 fully saturated rings. The summed E-state index contributed by atoms with van der Waals surface area (Å²) < 4.78 is 2.11. The minimum Gasteiger partial charge on any atom is -0.318 e. The lowest BCUT2D eigenvalue weighted by Crippen LogP contribution is -2.35. The molecule has 2 aliphatic rings. The minimum absolute atomic E-state index is 0.223. The molecule has 2 aliphatic heterocycles. The van der Waals surface area contributed by atoms with E-state index in [0.717, 1.165) is 22.6 Å². The third kappa shape index (κ3) is 2.82. The zero-order valence-corrected chi connectivity index (χ0v) is 16.6. The quantitative estimate of drug-likeness (QED) is 0.764. The third-order valence-corrected chi connectivity index (χ3v) is 6.97. The van der Waals surface area contributed by atoms with E-state index in [1.54, 1.807) is 0 Å². The highest BCUT2D eigenvalue weighted by atomic mass is 16.1. The van der Waals surface area contributed by atoms with Crippen LogP contribution in [0.2, 0.25) is 0 Å². The number of nitriles is 1. The maximum absolute atomic E-state index is 13.2. The van der Waals surface area contributed by atoms with Crippen molar-refractivity contribution in [1.82, 2.24) is 9.47 Å². The van der Waals surface area contributed by atoms with Crippen molar-refractivity contribution in [3.8, 4) is 11.8 Å². The highest BCUT2D eigenvalue weighted by Gasteiger charge is 2.49. The highest BCUT2D eigenvalue weighted by molar-refractivity contribution is 5.99. The van der Waals surface area contributed by atoms with E-state index in [1.807, 2.05) is 44.2 Å². The fourth-order valence-electron chi connectivity index (χ4n) is 5.36. The number of fused-ring (bicyclic) bond motifs is 2. The Kier molecular flexibility index (Phi) is 4.44. The Morgan fingerprint density at radius 2 is 1.70 bits per heavy atom. The molecule has 1 aromatic carbocycles. The van der Waals surface area contributed by atoms with E-state index in [1.165, 1.54) is 12.8 Å². The maximum atomic E-state index is 13.2. The number of hydrogen-bond donors (Lipinski definition) is 0. The zero-order chi connectivity index (χ0) is 19.3. The summed E-state index contributed by atoms with van der Waals surface area (Å²) in [6.07, 6.45) is 2.46. The Labute approximate surface area is 161 Å². The van der Waals surface area contributed by atoms with Gasteiger partial charge >= 0.3 is 0 Å². The predicted molar refractivity (Wildman–Crippen MR) is 106 cm³/mol.